The Labute approximate surface area is 105 Å². The van der Waals surface area contributed by atoms with Crippen molar-refractivity contribution in [2.24, 2.45) is 0 Å². The summed E-state index contributed by atoms with van der Waals surface area (Å²) in [4.78, 5) is 19.8. The summed E-state index contributed by atoms with van der Waals surface area (Å²) in [6, 6.07) is 0. The summed E-state index contributed by atoms with van der Waals surface area (Å²) in [5.74, 6) is -0.817. The summed E-state index contributed by atoms with van der Waals surface area (Å²) in [7, 11) is 1.58. The summed E-state index contributed by atoms with van der Waals surface area (Å²) in [6.07, 6.45) is 3.43. The fourth-order valence-electron chi connectivity index (χ4n) is 1.39. The van der Waals surface area contributed by atoms with Gasteiger partial charge in [0.2, 0.25) is 0 Å². The molecule has 0 radical (unpaired) electrons. The topological polar surface area (TPSA) is 61.3 Å². The molecule has 0 bridgehead atoms. The number of aromatic nitrogens is 2. The van der Waals surface area contributed by atoms with Crippen molar-refractivity contribution >= 4 is 17.6 Å². The van der Waals surface area contributed by atoms with E-state index in [-0.39, 0.29) is 11.1 Å². The van der Waals surface area contributed by atoms with Gasteiger partial charge in [-0.3, -0.25) is 9.78 Å². The number of halogens is 1. The van der Waals surface area contributed by atoms with Crippen LogP contribution in [0.25, 0.3) is 0 Å². The molecule has 94 valence electrons. The Balaban J connectivity index is 2.85. The van der Waals surface area contributed by atoms with Gasteiger partial charge in [0.15, 0.2) is 0 Å². The summed E-state index contributed by atoms with van der Waals surface area (Å²) in [6.45, 7) is 2.53. The quantitative estimate of drug-likeness (QED) is 0.729. The van der Waals surface area contributed by atoms with E-state index in [1.54, 1.807) is 14.0 Å². The second-order valence-corrected chi connectivity index (χ2v) is 3.74. The van der Waals surface area contributed by atoms with Gasteiger partial charge in [0.25, 0.3) is 0 Å². The van der Waals surface area contributed by atoms with Gasteiger partial charge < -0.3 is 9.47 Å². The molecular formula is C11H15ClN2O3. The van der Waals surface area contributed by atoms with Crippen molar-refractivity contribution in [2.45, 2.75) is 19.3 Å². The first-order chi connectivity index (χ1) is 8.19. The normalized spacial score (nSPS) is 12.2. The first-order valence-electron chi connectivity index (χ1n) is 5.32. The molecule has 0 saturated heterocycles. The van der Waals surface area contributed by atoms with E-state index in [2.05, 4.69) is 9.97 Å². The Bertz CT molecular complexity index is 373. The molecule has 0 saturated carbocycles. The van der Waals surface area contributed by atoms with Crippen LogP contribution in [0.5, 0.6) is 0 Å². The van der Waals surface area contributed by atoms with Gasteiger partial charge in [-0.25, -0.2) is 4.98 Å². The highest BCUT2D eigenvalue weighted by molar-refractivity contribution is 6.29. The van der Waals surface area contributed by atoms with Gasteiger partial charge in [0.1, 0.15) is 11.1 Å². The molecule has 1 heterocycles. The van der Waals surface area contributed by atoms with Crippen molar-refractivity contribution < 1.29 is 14.3 Å². The molecule has 0 amide bonds. The van der Waals surface area contributed by atoms with Gasteiger partial charge in [-0.05, 0) is 13.3 Å². The predicted molar refractivity (Wildman–Crippen MR) is 62.9 cm³/mol. The maximum atomic E-state index is 11.8. The first-order valence-corrected chi connectivity index (χ1v) is 5.69. The monoisotopic (exact) mass is 258 g/mol. The Hall–Kier alpha value is -1.20. The van der Waals surface area contributed by atoms with E-state index in [1.165, 1.54) is 12.4 Å². The van der Waals surface area contributed by atoms with Crippen molar-refractivity contribution in [1.29, 1.82) is 0 Å². The number of nitrogens with zero attached hydrogens (tertiary/aromatic N) is 2. The number of carbonyl (C=O) groups is 1. The first kappa shape index (κ1) is 13.9. The van der Waals surface area contributed by atoms with Gasteiger partial charge in [0.05, 0.1) is 18.5 Å². The van der Waals surface area contributed by atoms with E-state index in [9.17, 15) is 4.79 Å². The number of methoxy groups -OCH3 is 1. The van der Waals surface area contributed by atoms with Gasteiger partial charge in [-0.15, -0.1) is 0 Å². The van der Waals surface area contributed by atoms with Crippen LogP contribution in [0, 0.1) is 0 Å². The summed E-state index contributed by atoms with van der Waals surface area (Å²) >= 11 is 5.75. The SMILES string of the molecule is CCOC(=O)C(CCOC)c1cncc(Cl)n1. The predicted octanol–water partition coefficient (Wildman–Crippen LogP) is 1.81. The zero-order chi connectivity index (χ0) is 12.7. The van der Waals surface area contributed by atoms with Crippen LogP contribution in [0.15, 0.2) is 12.4 Å². The Morgan fingerprint density at radius 1 is 1.53 bits per heavy atom. The molecule has 0 aliphatic rings. The van der Waals surface area contributed by atoms with E-state index in [4.69, 9.17) is 21.1 Å². The van der Waals surface area contributed by atoms with Gasteiger partial charge in [-0.1, -0.05) is 11.6 Å². The molecular weight excluding hydrogens is 244 g/mol. The lowest BCUT2D eigenvalue weighted by atomic mass is 10.0. The molecule has 1 unspecified atom stereocenters. The lowest BCUT2D eigenvalue weighted by Gasteiger charge is -2.14. The highest BCUT2D eigenvalue weighted by Crippen LogP contribution is 2.20. The molecule has 0 aromatic carbocycles. The minimum Gasteiger partial charge on any atom is -0.465 e. The largest absolute Gasteiger partial charge is 0.465 e. The van der Waals surface area contributed by atoms with Crippen LogP contribution in [-0.4, -0.2) is 36.3 Å². The fourth-order valence-corrected chi connectivity index (χ4v) is 1.54. The number of rotatable bonds is 6. The second kappa shape index (κ2) is 7.19. The molecule has 5 nitrogen and oxygen atoms in total. The average Bonchev–Trinajstić information content (AvgIpc) is 2.30. The number of hydrogen-bond donors (Lipinski definition) is 0. The minimum absolute atomic E-state index is 0.259. The van der Waals surface area contributed by atoms with Gasteiger partial charge >= 0.3 is 5.97 Å². The van der Waals surface area contributed by atoms with Crippen molar-refractivity contribution in [3.63, 3.8) is 0 Å². The van der Waals surface area contributed by atoms with Gasteiger partial charge in [0, 0.05) is 19.9 Å². The Morgan fingerprint density at radius 3 is 2.88 bits per heavy atom. The lowest BCUT2D eigenvalue weighted by Crippen LogP contribution is -2.19. The van der Waals surface area contributed by atoms with E-state index in [0.29, 0.717) is 25.3 Å². The molecule has 0 aliphatic heterocycles. The van der Waals surface area contributed by atoms with Crippen LogP contribution in [0.1, 0.15) is 25.0 Å². The summed E-state index contributed by atoms with van der Waals surface area (Å²) < 4.78 is 9.95. The zero-order valence-corrected chi connectivity index (χ0v) is 10.6. The van der Waals surface area contributed by atoms with Gasteiger partial charge in [-0.2, -0.15) is 0 Å². The Kier molecular flexibility index (Phi) is 5.86. The fraction of sp³-hybridized carbons (Fsp3) is 0.545. The molecule has 1 aromatic rings. The lowest BCUT2D eigenvalue weighted by molar-refractivity contribution is -0.145. The van der Waals surface area contributed by atoms with Crippen molar-refractivity contribution in [3.05, 3.63) is 23.2 Å². The van der Waals surface area contributed by atoms with E-state index < -0.39 is 5.92 Å². The highest BCUT2D eigenvalue weighted by atomic mass is 35.5. The van der Waals surface area contributed by atoms with Crippen molar-refractivity contribution in [1.82, 2.24) is 9.97 Å². The molecule has 6 heteroatoms. The maximum absolute atomic E-state index is 11.8. The number of carbonyl (C=O) groups excluding carboxylic acids is 1. The van der Waals surface area contributed by atoms with Crippen molar-refractivity contribution in [2.75, 3.05) is 20.3 Å². The highest BCUT2D eigenvalue weighted by Gasteiger charge is 2.23. The number of ether oxygens (including phenoxy) is 2. The third kappa shape index (κ3) is 4.28. The number of esters is 1. The molecule has 17 heavy (non-hydrogen) atoms. The van der Waals surface area contributed by atoms with Crippen LogP contribution in [0.2, 0.25) is 5.15 Å². The van der Waals surface area contributed by atoms with Crippen LogP contribution in [0.3, 0.4) is 0 Å². The number of hydrogen-bond acceptors (Lipinski definition) is 5. The average molecular weight is 259 g/mol. The third-order valence-electron chi connectivity index (χ3n) is 2.16. The molecule has 1 atom stereocenters. The minimum atomic E-state index is -0.485. The molecule has 0 N–H and O–H groups in total. The molecule has 0 aliphatic carbocycles. The molecule has 0 fully saturated rings. The molecule has 1 rings (SSSR count). The standard InChI is InChI=1S/C11H15ClN2O3/c1-3-17-11(15)8(4-5-16-2)9-6-13-7-10(12)14-9/h6-8H,3-5H2,1-2H3. The van der Waals surface area contributed by atoms with Crippen molar-refractivity contribution in [3.8, 4) is 0 Å². The second-order valence-electron chi connectivity index (χ2n) is 3.35. The molecule has 1 aromatic heterocycles. The van der Waals surface area contributed by atoms with Crippen LogP contribution >= 0.6 is 11.6 Å². The van der Waals surface area contributed by atoms with Crippen LogP contribution in [-0.2, 0) is 14.3 Å². The zero-order valence-electron chi connectivity index (χ0n) is 9.85. The third-order valence-corrected chi connectivity index (χ3v) is 2.34. The van der Waals surface area contributed by atoms with E-state index in [1.807, 2.05) is 0 Å². The summed E-state index contributed by atoms with van der Waals surface area (Å²) in [5.41, 5.74) is 0.507. The van der Waals surface area contributed by atoms with Crippen LogP contribution < -0.4 is 0 Å². The summed E-state index contributed by atoms with van der Waals surface area (Å²) in [5, 5.41) is 0.259. The smallest absolute Gasteiger partial charge is 0.315 e. The van der Waals surface area contributed by atoms with Crippen LogP contribution in [0.4, 0.5) is 0 Å². The molecule has 0 spiro atoms. The Morgan fingerprint density at radius 2 is 2.29 bits per heavy atom. The van der Waals surface area contributed by atoms with E-state index >= 15 is 0 Å². The maximum Gasteiger partial charge on any atom is 0.315 e. The van der Waals surface area contributed by atoms with E-state index in [0.717, 1.165) is 0 Å².